The van der Waals surface area contributed by atoms with Crippen LogP contribution in [-0.2, 0) is 4.79 Å². The molecule has 0 bridgehead atoms. The van der Waals surface area contributed by atoms with Crippen LogP contribution in [0.15, 0.2) is 24.3 Å². The molecule has 23 heavy (non-hydrogen) atoms. The Hall–Kier alpha value is -2.41. The van der Waals surface area contributed by atoms with Crippen molar-refractivity contribution < 1.29 is 19.4 Å². The fraction of sp³-hybridized carbons (Fsp3) is 0.312. The number of aromatic nitrogens is 1. The minimum absolute atomic E-state index is 0.161. The van der Waals surface area contributed by atoms with Crippen molar-refractivity contribution in [2.45, 2.75) is 26.7 Å². The predicted molar refractivity (Wildman–Crippen MR) is 88.5 cm³/mol. The first-order valence-electron chi connectivity index (χ1n) is 7.17. The summed E-state index contributed by atoms with van der Waals surface area (Å²) in [5.74, 6) is -1.25. The van der Waals surface area contributed by atoms with Crippen molar-refractivity contribution in [2.75, 3.05) is 11.9 Å². The third kappa shape index (κ3) is 3.87. The molecule has 0 aliphatic heterocycles. The molecule has 0 saturated carbocycles. The number of carboxylic acids is 1. The van der Waals surface area contributed by atoms with Crippen LogP contribution in [0.3, 0.4) is 0 Å². The number of amides is 1. The molecule has 1 heterocycles. The van der Waals surface area contributed by atoms with Crippen molar-refractivity contribution in [3.05, 3.63) is 39.8 Å². The van der Waals surface area contributed by atoms with Crippen LogP contribution >= 0.6 is 11.3 Å². The Morgan fingerprint density at radius 3 is 2.70 bits per heavy atom. The Kier molecular flexibility index (Phi) is 5.33. The average molecular weight is 334 g/mol. The highest BCUT2D eigenvalue weighted by Gasteiger charge is 2.23. The van der Waals surface area contributed by atoms with Crippen LogP contribution in [0.25, 0.3) is 0 Å². The maximum atomic E-state index is 12.4. The van der Waals surface area contributed by atoms with Gasteiger partial charge in [0.15, 0.2) is 0 Å². The van der Waals surface area contributed by atoms with Crippen LogP contribution in [0.5, 0.6) is 5.75 Å². The van der Waals surface area contributed by atoms with Crippen LogP contribution in [0.1, 0.15) is 40.1 Å². The van der Waals surface area contributed by atoms with Crippen LogP contribution in [0.4, 0.5) is 5.69 Å². The number of carbonyl (C=O) groups is 2. The Bertz CT molecular complexity index is 727. The lowest BCUT2D eigenvalue weighted by Crippen LogP contribution is -2.19. The van der Waals surface area contributed by atoms with E-state index in [1.165, 1.54) is 0 Å². The van der Waals surface area contributed by atoms with Gasteiger partial charge in [-0.2, -0.15) is 0 Å². The van der Waals surface area contributed by atoms with Crippen LogP contribution in [-0.4, -0.2) is 28.6 Å². The quantitative estimate of drug-likeness (QED) is 0.846. The first-order chi connectivity index (χ1) is 10.9. The lowest BCUT2D eigenvalue weighted by atomic mass is 10.1. The van der Waals surface area contributed by atoms with E-state index in [1.54, 1.807) is 32.0 Å². The summed E-state index contributed by atoms with van der Waals surface area (Å²) in [4.78, 5) is 27.9. The van der Waals surface area contributed by atoms with Gasteiger partial charge in [0, 0.05) is 0 Å². The molecule has 122 valence electrons. The van der Waals surface area contributed by atoms with Gasteiger partial charge in [-0.05, 0) is 32.9 Å². The van der Waals surface area contributed by atoms with E-state index in [1.807, 2.05) is 13.0 Å². The second-order valence-electron chi connectivity index (χ2n) is 4.91. The van der Waals surface area contributed by atoms with Crippen molar-refractivity contribution in [3.8, 4) is 5.75 Å². The first-order valence-corrected chi connectivity index (χ1v) is 7.99. The number of aromatic carboxylic acids is 1. The maximum Gasteiger partial charge on any atom is 0.347 e. The summed E-state index contributed by atoms with van der Waals surface area (Å²) in [6.07, 6.45) is 0. The van der Waals surface area contributed by atoms with E-state index >= 15 is 0 Å². The Balaban J connectivity index is 2.17. The maximum absolute atomic E-state index is 12.4. The third-order valence-electron chi connectivity index (χ3n) is 3.22. The van der Waals surface area contributed by atoms with Gasteiger partial charge in [-0.25, -0.2) is 9.78 Å². The number of thiazole rings is 1. The van der Waals surface area contributed by atoms with Crippen molar-refractivity contribution >= 4 is 28.9 Å². The number of hydrogen-bond donors (Lipinski definition) is 2. The Labute approximate surface area is 138 Å². The van der Waals surface area contributed by atoms with Crippen molar-refractivity contribution in [1.29, 1.82) is 0 Å². The third-order valence-corrected chi connectivity index (χ3v) is 4.54. The molecule has 7 heteroatoms. The molecule has 0 saturated heterocycles. The number of aryl methyl sites for hydroxylation is 1. The minimum atomic E-state index is -1.03. The van der Waals surface area contributed by atoms with Gasteiger partial charge in [0.05, 0.1) is 23.9 Å². The second kappa shape index (κ2) is 7.23. The first kappa shape index (κ1) is 17.0. The van der Waals surface area contributed by atoms with E-state index in [0.29, 0.717) is 28.7 Å². The van der Waals surface area contributed by atoms with Crippen LogP contribution in [0.2, 0.25) is 0 Å². The van der Waals surface area contributed by atoms with E-state index < -0.39 is 11.9 Å². The summed E-state index contributed by atoms with van der Waals surface area (Å²) in [6, 6.07) is 7.16. The number of benzene rings is 1. The number of ether oxygens (including phenoxy) is 1. The molecule has 2 rings (SSSR count). The van der Waals surface area contributed by atoms with E-state index in [0.717, 1.165) is 11.3 Å². The predicted octanol–water partition coefficient (Wildman–Crippen LogP) is 3.29. The number of nitrogens with zero attached hydrogens (tertiary/aromatic N) is 1. The Morgan fingerprint density at radius 2 is 2.09 bits per heavy atom. The number of anilines is 1. The zero-order chi connectivity index (χ0) is 17.0. The van der Waals surface area contributed by atoms with E-state index in [2.05, 4.69) is 10.3 Å². The molecule has 0 aliphatic carbocycles. The summed E-state index contributed by atoms with van der Waals surface area (Å²) in [5.41, 5.74) is 1.00. The van der Waals surface area contributed by atoms with Gasteiger partial charge in [-0.15, -0.1) is 11.3 Å². The Morgan fingerprint density at radius 1 is 1.39 bits per heavy atom. The summed E-state index contributed by atoms with van der Waals surface area (Å²) in [7, 11) is 0. The number of carboxylic acid groups (broad SMARTS) is 1. The molecular weight excluding hydrogens is 316 g/mol. The monoisotopic (exact) mass is 334 g/mol. The summed E-state index contributed by atoms with van der Waals surface area (Å²) >= 11 is 1.03. The number of nitrogens with one attached hydrogen (secondary N) is 1. The topological polar surface area (TPSA) is 88.5 Å². The lowest BCUT2D eigenvalue weighted by Gasteiger charge is -2.13. The highest BCUT2D eigenvalue weighted by atomic mass is 32.1. The van der Waals surface area contributed by atoms with Gasteiger partial charge in [-0.3, -0.25) is 4.79 Å². The molecule has 0 fully saturated rings. The van der Waals surface area contributed by atoms with Gasteiger partial charge >= 0.3 is 5.97 Å². The SMILES string of the molecule is CCOc1ccccc1NC(=O)C(C)c1nc(C)c(C(=O)O)s1. The number of rotatable bonds is 6. The highest BCUT2D eigenvalue weighted by Crippen LogP contribution is 2.28. The largest absolute Gasteiger partial charge is 0.492 e. The van der Waals surface area contributed by atoms with Gasteiger partial charge in [0.1, 0.15) is 15.6 Å². The lowest BCUT2D eigenvalue weighted by molar-refractivity contribution is -0.117. The molecule has 1 unspecified atom stereocenters. The van der Waals surface area contributed by atoms with E-state index in [9.17, 15) is 9.59 Å². The summed E-state index contributed by atoms with van der Waals surface area (Å²) in [5, 5.41) is 12.4. The number of hydrogen-bond acceptors (Lipinski definition) is 5. The van der Waals surface area contributed by atoms with Crippen LogP contribution in [0, 0.1) is 6.92 Å². The molecule has 1 aromatic heterocycles. The summed E-state index contributed by atoms with van der Waals surface area (Å²) in [6.45, 7) is 5.68. The normalized spacial score (nSPS) is 11.8. The van der Waals surface area contributed by atoms with E-state index in [-0.39, 0.29) is 10.8 Å². The van der Waals surface area contributed by atoms with Gasteiger partial charge < -0.3 is 15.2 Å². The summed E-state index contributed by atoms with van der Waals surface area (Å²) < 4.78 is 5.47. The second-order valence-corrected chi connectivity index (χ2v) is 5.94. The van der Waals surface area contributed by atoms with E-state index in [4.69, 9.17) is 9.84 Å². The molecule has 0 spiro atoms. The van der Waals surface area contributed by atoms with Gasteiger partial charge in [-0.1, -0.05) is 12.1 Å². The smallest absolute Gasteiger partial charge is 0.347 e. The molecule has 1 atom stereocenters. The molecule has 2 aromatic rings. The fourth-order valence-corrected chi connectivity index (χ4v) is 2.96. The molecule has 0 aliphatic rings. The van der Waals surface area contributed by atoms with Crippen molar-refractivity contribution in [1.82, 2.24) is 4.98 Å². The zero-order valence-electron chi connectivity index (χ0n) is 13.1. The number of para-hydroxylation sites is 2. The van der Waals surface area contributed by atoms with Crippen molar-refractivity contribution in [3.63, 3.8) is 0 Å². The average Bonchev–Trinajstić information content (AvgIpc) is 2.90. The van der Waals surface area contributed by atoms with Gasteiger partial charge in [0.25, 0.3) is 0 Å². The molecule has 1 aromatic carbocycles. The molecule has 6 nitrogen and oxygen atoms in total. The standard InChI is InChI=1S/C16H18N2O4S/c1-4-22-12-8-6-5-7-11(12)18-14(19)9(2)15-17-10(3)13(23-15)16(20)21/h5-9H,4H2,1-3H3,(H,18,19)(H,20,21). The van der Waals surface area contributed by atoms with Crippen LogP contribution < -0.4 is 10.1 Å². The van der Waals surface area contributed by atoms with Gasteiger partial charge in [0.2, 0.25) is 5.91 Å². The molecule has 1 amide bonds. The molecule has 0 radical (unpaired) electrons. The molecular formula is C16H18N2O4S. The van der Waals surface area contributed by atoms with Crippen molar-refractivity contribution in [2.24, 2.45) is 0 Å². The number of carbonyl (C=O) groups excluding carboxylic acids is 1. The minimum Gasteiger partial charge on any atom is -0.492 e. The fourth-order valence-electron chi connectivity index (χ4n) is 2.01. The highest BCUT2D eigenvalue weighted by molar-refractivity contribution is 7.13. The zero-order valence-corrected chi connectivity index (χ0v) is 13.9. The molecule has 2 N–H and O–H groups in total.